The number of anilines is 1. The lowest BCUT2D eigenvalue weighted by Gasteiger charge is -2.41. The van der Waals surface area contributed by atoms with Gasteiger partial charge in [0.2, 0.25) is 0 Å². The Balaban J connectivity index is 1.35. The summed E-state index contributed by atoms with van der Waals surface area (Å²) in [6.45, 7) is 11.0. The molecular formula is C25H31N3O2S. The van der Waals surface area contributed by atoms with Crippen molar-refractivity contribution in [1.29, 1.82) is 0 Å². The van der Waals surface area contributed by atoms with E-state index < -0.39 is 0 Å². The Kier molecular flexibility index (Phi) is 6.88. The summed E-state index contributed by atoms with van der Waals surface area (Å²) in [5.74, 6) is 0.855. The molecule has 0 amide bonds. The van der Waals surface area contributed by atoms with Crippen LogP contribution in [0.25, 0.3) is 10.2 Å². The smallest absolute Gasteiger partial charge is 0.186 e. The number of hydrogen-bond donors (Lipinski definition) is 0. The van der Waals surface area contributed by atoms with Crippen LogP contribution in [0.15, 0.2) is 36.4 Å². The van der Waals surface area contributed by atoms with Crippen molar-refractivity contribution in [1.82, 2.24) is 9.88 Å². The summed E-state index contributed by atoms with van der Waals surface area (Å²) < 4.78 is 7.32. The van der Waals surface area contributed by atoms with Gasteiger partial charge in [0.15, 0.2) is 5.13 Å². The molecule has 0 N–H and O–H groups in total. The van der Waals surface area contributed by atoms with Crippen molar-refractivity contribution in [3.63, 3.8) is 0 Å². The minimum Gasteiger partial charge on any atom is -0.492 e. The van der Waals surface area contributed by atoms with Gasteiger partial charge < -0.3 is 14.4 Å². The first kappa shape index (κ1) is 21.8. The van der Waals surface area contributed by atoms with E-state index in [0.29, 0.717) is 19.1 Å². The van der Waals surface area contributed by atoms with Crippen LogP contribution in [0.4, 0.5) is 5.13 Å². The van der Waals surface area contributed by atoms with Crippen molar-refractivity contribution in [3.05, 3.63) is 53.1 Å². The molecule has 31 heavy (non-hydrogen) atoms. The van der Waals surface area contributed by atoms with E-state index in [9.17, 15) is 4.79 Å². The van der Waals surface area contributed by atoms with E-state index in [0.717, 1.165) is 66.4 Å². The molecule has 1 atom stereocenters. The lowest BCUT2D eigenvalue weighted by atomic mass is 10.1. The summed E-state index contributed by atoms with van der Waals surface area (Å²) in [4.78, 5) is 20.7. The Morgan fingerprint density at radius 2 is 2.03 bits per heavy atom. The molecule has 1 aliphatic rings. The number of ether oxygens (including phenoxy) is 1. The van der Waals surface area contributed by atoms with E-state index in [2.05, 4.69) is 41.8 Å². The number of nitrogens with zero attached hydrogens (tertiary/aromatic N) is 3. The summed E-state index contributed by atoms with van der Waals surface area (Å²) in [5, 5.41) is 1.14. The Morgan fingerprint density at radius 3 is 2.84 bits per heavy atom. The molecule has 0 saturated carbocycles. The molecule has 0 spiro atoms. The van der Waals surface area contributed by atoms with Crippen LogP contribution in [-0.2, 0) is 11.2 Å². The van der Waals surface area contributed by atoms with Gasteiger partial charge in [-0.3, -0.25) is 4.90 Å². The normalized spacial score (nSPS) is 17.3. The maximum absolute atomic E-state index is 10.8. The second kappa shape index (κ2) is 9.79. The van der Waals surface area contributed by atoms with Gasteiger partial charge in [0.05, 0.1) is 10.2 Å². The lowest BCUT2D eigenvalue weighted by molar-refractivity contribution is -0.107. The third-order valence-electron chi connectivity index (χ3n) is 5.96. The van der Waals surface area contributed by atoms with Gasteiger partial charge in [0.25, 0.3) is 0 Å². The van der Waals surface area contributed by atoms with Crippen LogP contribution in [0.1, 0.15) is 30.0 Å². The Labute approximate surface area is 188 Å². The minimum absolute atomic E-state index is 0.434. The first-order valence-corrected chi connectivity index (χ1v) is 11.9. The Bertz CT molecular complexity index is 1050. The molecule has 1 fully saturated rings. The highest BCUT2D eigenvalue weighted by molar-refractivity contribution is 7.22. The zero-order valence-corrected chi connectivity index (χ0v) is 19.5. The quantitative estimate of drug-likeness (QED) is 0.481. The second-order valence-electron chi connectivity index (χ2n) is 8.39. The predicted octanol–water partition coefficient (Wildman–Crippen LogP) is 4.63. The molecule has 0 radical (unpaired) electrons. The average molecular weight is 438 g/mol. The fourth-order valence-electron chi connectivity index (χ4n) is 4.31. The van der Waals surface area contributed by atoms with Gasteiger partial charge in [-0.2, -0.15) is 0 Å². The van der Waals surface area contributed by atoms with Crippen LogP contribution in [0.2, 0.25) is 0 Å². The molecule has 5 nitrogen and oxygen atoms in total. The van der Waals surface area contributed by atoms with Crippen molar-refractivity contribution >= 4 is 33.0 Å². The maximum atomic E-state index is 10.8. The third kappa shape index (κ3) is 5.25. The summed E-state index contributed by atoms with van der Waals surface area (Å²) in [7, 11) is 0. The molecule has 6 heteroatoms. The number of carbonyl (C=O) groups excluding carboxylic acids is 1. The van der Waals surface area contributed by atoms with E-state index in [1.54, 1.807) is 11.3 Å². The molecule has 3 aromatic rings. The van der Waals surface area contributed by atoms with Gasteiger partial charge in [-0.1, -0.05) is 30.4 Å². The van der Waals surface area contributed by atoms with E-state index in [1.165, 1.54) is 10.3 Å². The van der Waals surface area contributed by atoms with E-state index in [-0.39, 0.29) is 0 Å². The van der Waals surface area contributed by atoms with E-state index in [4.69, 9.17) is 9.72 Å². The van der Waals surface area contributed by atoms with Crippen molar-refractivity contribution in [2.24, 2.45) is 0 Å². The van der Waals surface area contributed by atoms with Gasteiger partial charge >= 0.3 is 0 Å². The summed E-state index contributed by atoms with van der Waals surface area (Å²) >= 11 is 1.80. The van der Waals surface area contributed by atoms with Crippen LogP contribution in [0.3, 0.4) is 0 Å². The van der Waals surface area contributed by atoms with Crippen molar-refractivity contribution in [3.8, 4) is 5.75 Å². The Hall–Kier alpha value is -2.44. The molecule has 1 saturated heterocycles. The van der Waals surface area contributed by atoms with Crippen molar-refractivity contribution in [2.75, 3.05) is 37.7 Å². The maximum Gasteiger partial charge on any atom is 0.186 e. The van der Waals surface area contributed by atoms with Gasteiger partial charge in [-0.25, -0.2) is 4.98 Å². The van der Waals surface area contributed by atoms with Gasteiger partial charge in [0, 0.05) is 38.6 Å². The second-order valence-corrected chi connectivity index (χ2v) is 9.39. The fourth-order valence-corrected chi connectivity index (χ4v) is 5.40. The molecule has 2 heterocycles. The van der Waals surface area contributed by atoms with Crippen LogP contribution in [0, 0.1) is 13.8 Å². The van der Waals surface area contributed by atoms with Crippen LogP contribution in [0.5, 0.6) is 5.75 Å². The minimum atomic E-state index is 0.434. The number of aryl methyl sites for hydroxylation is 2. The molecule has 0 bridgehead atoms. The molecule has 0 unspecified atom stereocenters. The summed E-state index contributed by atoms with van der Waals surface area (Å²) in [5.41, 5.74) is 4.52. The molecule has 2 aromatic carbocycles. The highest BCUT2D eigenvalue weighted by Crippen LogP contribution is 2.31. The highest BCUT2D eigenvalue weighted by atomic mass is 32.1. The third-order valence-corrected chi connectivity index (χ3v) is 7.03. The Morgan fingerprint density at radius 1 is 1.16 bits per heavy atom. The number of fused-ring (bicyclic) bond motifs is 1. The molecular weight excluding hydrogens is 406 g/mol. The summed E-state index contributed by atoms with van der Waals surface area (Å²) in [6.07, 6.45) is 2.48. The topological polar surface area (TPSA) is 45.7 Å². The standard InChI is InChI=1S/C25H31N3O2S/c1-4-21-17-28(25-26-23-6-5-18(2)15-24(23)31-25)9-8-27(21)10-12-30-22-14-19(3)13-20(16-22)7-11-29/h5-6,11,13-16,21H,4,7-10,12,17H2,1-3H3/t21-/m0/s1. The van der Waals surface area contributed by atoms with Crippen LogP contribution < -0.4 is 9.64 Å². The van der Waals surface area contributed by atoms with Crippen molar-refractivity contribution in [2.45, 2.75) is 39.7 Å². The molecule has 0 aliphatic carbocycles. The number of aldehydes is 1. The first-order chi connectivity index (χ1) is 15.1. The predicted molar refractivity (Wildman–Crippen MR) is 129 cm³/mol. The lowest BCUT2D eigenvalue weighted by Crippen LogP contribution is -2.53. The molecule has 1 aliphatic heterocycles. The number of hydrogen-bond acceptors (Lipinski definition) is 6. The summed E-state index contributed by atoms with van der Waals surface area (Å²) in [6, 6.07) is 13.0. The number of piperazine rings is 1. The average Bonchev–Trinajstić information content (AvgIpc) is 3.17. The number of benzene rings is 2. The number of thiazole rings is 1. The first-order valence-electron chi connectivity index (χ1n) is 11.1. The van der Waals surface area contributed by atoms with Gasteiger partial charge in [-0.15, -0.1) is 0 Å². The van der Waals surface area contributed by atoms with Gasteiger partial charge in [-0.05, 0) is 61.2 Å². The van der Waals surface area contributed by atoms with Crippen molar-refractivity contribution < 1.29 is 9.53 Å². The van der Waals surface area contributed by atoms with Crippen LogP contribution >= 0.6 is 11.3 Å². The zero-order chi connectivity index (χ0) is 21.8. The fraction of sp³-hybridized carbons (Fsp3) is 0.440. The number of rotatable bonds is 8. The van der Waals surface area contributed by atoms with E-state index in [1.807, 2.05) is 25.1 Å². The molecule has 4 rings (SSSR count). The monoisotopic (exact) mass is 437 g/mol. The molecule has 164 valence electrons. The zero-order valence-electron chi connectivity index (χ0n) is 18.6. The van der Waals surface area contributed by atoms with E-state index >= 15 is 0 Å². The number of aromatic nitrogens is 1. The largest absolute Gasteiger partial charge is 0.492 e. The SMILES string of the molecule is CC[C@H]1CN(c2nc3ccc(C)cc3s2)CCN1CCOc1cc(C)cc(CC=O)c1. The number of carbonyl (C=O) groups is 1. The molecule has 1 aromatic heterocycles. The van der Waals surface area contributed by atoms with Gasteiger partial charge in [0.1, 0.15) is 18.6 Å². The highest BCUT2D eigenvalue weighted by Gasteiger charge is 2.27. The van der Waals surface area contributed by atoms with Crippen LogP contribution in [-0.4, -0.2) is 55.0 Å².